The third-order valence-electron chi connectivity index (χ3n) is 2.37. The van der Waals surface area contributed by atoms with Crippen molar-refractivity contribution in [1.29, 1.82) is 0 Å². The zero-order valence-corrected chi connectivity index (χ0v) is 7.86. The maximum atomic E-state index is 5.41. The molecule has 0 aromatic rings. The van der Waals surface area contributed by atoms with Gasteiger partial charge in [-0.3, -0.25) is 15.3 Å². The molecule has 1 rings (SSSR count). The van der Waals surface area contributed by atoms with Crippen molar-refractivity contribution in [1.82, 2.24) is 5.48 Å². The van der Waals surface area contributed by atoms with Gasteiger partial charge in [0.05, 0.1) is 5.54 Å². The summed E-state index contributed by atoms with van der Waals surface area (Å²) in [5.74, 6) is 0.842. The summed E-state index contributed by atoms with van der Waals surface area (Å²) in [4.78, 5) is 9.86. The van der Waals surface area contributed by atoms with E-state index in [-0.39, 0.29) is 11.1 Å². The van der Waals surface area contributed by atoms with Gasteiger partial charge in [-0.25, -0.2) is 0 Å². The van der Waals surface area contributed by atoms with Crippen LogP contribution in [0.25, 0.3) is 0 Å². The molecule has 0 aromatic carbocycles. The molecule has 0 aromatic heterocycles. The Balaban J connectivity index is 2.95. The monoisotopic (exact) mass is 156 g/mol. The summed E-state index contributed by atoms with van der Waals surface area (Å²) in [5, 5.41) is 0. The Morgan fingerprint density at radius 2 is 1.82 bits per heavy atom. The average molecular weight is 156 g/mol. The van der Waals surface area contributed by atoms with Gasteiger partial charge < -0.3 is 0 Å². The van der Waals surface area contributed by atoms with Gasteiger partial charge in [0, 0.05) is 0 Å². The SMILES string of the molecule is CC1=NC(C)(C)C(C)(C)ON1. The number of rotatable bonds is 0. The fourth-order valence-electron chi connectivity index (χ4n) is 0.903. The molecule has 3 heteroatoms. The van der Waals surface area contributed by atoms with Gasteiger partial charge >= 0.3 is 0 Å². The Bertz CT molecular complexity index is 194. The molecular weight excluding hydrogens is 140 g/mol. The van der Waals surface area contributed by atoms with Crippen LogP contribution >= 0.6 is 0 Å². The smallest absolute Gasteiger partial charge is 0.118 e. The molecule has 1 aliphatic heterocycles. The Morgan fingerprint density at radius 1 is 1.27 bits per heavy atom. The molecule has 0 aliphatic carbocycles. The summed E-state index contributed by atoms with van der Waals surface area (Å²) in [7, 11) is 0. The molecule has 0 saturated heterocycles. The molecule has 0 bridgehead atoms. The number of aliphatic imine (C=N–C) groups is 1. The van der Waals surface area contributed by atoms with Gasteiger partial charge in [0.15, 0.2) is 0 Å². The van der Waals surface area contributed by atoms with Crippen LogP contribution in [0.15, 0.2) is 4.99 Å². The Labute approximate surface area is 67.8 Å². The van der Waals surface area contributed by atoms with E-state index in [1.165, 1.54) is 0 Å². The number of nitrogens with one attached hydrogen (secondary N) is 1. The number of nitrogens with zero attached hydrogens (tertiary/aromatic N) is 1. The highest BCUT2D eigenvalue weighted by Gasteiger charge is 2.41. The summed E-state index contributed by atoms with van der Waals surface area (Å²) in [6.45, 7) is 10.1. The van der Waals surface area contributed by atoms with Gasteiger partial charge in [-0.15, -0.1) is 0 Å². The van der Waals surface area contributed by atoms with Gasteiger partial charge in [-0.2, -0.15) is 0 Å². The molecular formula is C8H16N2O. The number of hydroxylamine groups is 1. The van der Waals surface area contributed by atoms with Crippen LogP contribution < -0.4 is 5.48 Å². The molecule has 0 saturated carbocycles. The molecule has 1 N–H and O–H groups in total. The van der Waals surface area contributed by atoms with Gasteiger partial charge in [0.1, 0.15) is 11.4 Å². The van der Waals surface area contributed by atoms with Crippen molar-refractivity contribution in [2.45, 2.75) is 45.8 Å². The lowest BCUT2D eigenvalue weighted by Gasteiger charge is -2.41. The molecule has 1 heterocycles. The molecule has 0 radical (unpaired) electrons. The van der Waals surface area contributed by atoms with Crippen molar-refractivity contribution in [3.8, 4) is 0 Å². The van der Waals surface area contributed by atoms with Crippen molar-refractivity contribution >= 4 is 5.84 Å². The summed E-state index contributed by atoms with van der Waals surface area (Å²) in [5.41, 5.74) is 2.38. The van der Waals surface area contributed by atoms with Gasteiger partial charge in [-0.1, -0.05) is 0 Å². The highest BCUT2D eigenvalue weighted by molar-refractivity contribution is 5.79. The second-order valence-electron chi connectivity index (χ2n) is 3.97. The molecule has 64 valence electrons. The lowest BCUT2D eigenvalue weighted by molar-refractivity contribution is -0.106. The van der Waals surface area contributed by atoms with Crippen molar-refractivity contribution in [3.63, 3.8) is 0 Å². The average Bonchev–Trinajstić information content (AvgIpc) is 1.80. The first kappa shape index (κ1) is 8.53. The zero-order chi connectivity index (χ0) is 8.70. The first-order valence-electron chi connectivity index (χ1n) is 3.86. The van der Waals surface area contributed by atoms with Gasteiger partial charge in [0.2, 0.25) is 0 Å². The largest absolute Gasteiger partial charge is 0.266 e. The Kier molecular flexibility index (Phi) is 1.71. The maximum absolute atomic E-state index is 5.41. The molecule has 0 spiro atoms. The molecule has 0 unspecified atom stereocenters. The van der Waals surface area contributed by atoms with Crippen LogP contribution in [-0.2, 0) is 4.84 Å². The van der Waals surface area contributed by atoms with E-state index >= 15 is 0 Å². The fourth-order valence-corrected chi connectivity index (χ4v) is 0.903. The first-order chi connectivity index (χ1) is 4.85. The topological polar surface area (TPSA) is 33.6 Å². The summed E-state index contributed by atoms with van der Waals surface area (Å²) in [6, 6.07) is 0. The minimum atomic E-state index is -0.244. The standard InChI is InChI=1S/C8H16N2O/c1-6-9-7(2,3)8(4,5)11-10-6/h1-5H3,(H,9,10). The van der Waals surface area contributed by atoms with Crippen LogP contribution in [0.2, 0.25) is 0 Å². The highest BCUT2D eigenvalue weighted by Crippen LogP contribution is 2.30. The molecule has 1 aliphatic rings. The fraction of sp³-hybridized carbons (Fsp3) is 0.875. The third-order valence-corrected chi connectivity index (χ3v) is 2.37. The van der Waals surface area contributed by atoms with E-state index in [4.69, 9.17) is 4.84 Å². The summed E-state index contributed by atoms with van der Waals surface area (Å²) >= 11 is 0. The lowest BCUT2D eigenvalue weighted by Crippen LogP contribution is -2.54. The van der Waals surface area contributed by atoms with E-state index < -0.39 is 0 Å². The third kappa shape index (κ3) is 1.38. The minimum absolute atomic E-state index is 0.150. The van der Waals surface area contributed by atoms with E-state index in [1.54, 1.807) is 0 Å². The van der Waals surface area contributed by atoms with E-state index in [1.807, 2.05) is 20.8 Å². The first-order valence-corrected chi connectivity index (χ1v) is 3.86. The second-order valence-corrected chi connectivity index (χ2v) is 3.97. The van der Waals surface area contributed by atoms with Crippen molar-refractivity contribution in [3.05, 3.63) is 0 Å². The lowest BCUT2D eigenvalue weighted by atomic mass is 9.86. The number of hydrogen-bond acceptors (Lipinski definition) is 3. The van der Waals surface area contributed by atoms with Crippen LogP contribution in [0.4, 0.5) is 0 Å². The molecule has 3 nitrogen and oxygen atoms in total. The summed E-state index contributed by atoms with van der Waals surface area (Å²) < 4.78 is 0. The second kappa shape index (κ2) is 2.21. The predicted octanol–water partition coefficient (Wildman–Crippen LogP) is 1.50. The van der Waals surface area contributed by atoms with Crippen LogP contribution in [-0.4, -0.2) is 17.0 Å². The predicted molar refractivity (Wildman–Crippen MR) is 45.5 cm³/mol. The molecule has 0 amide bonds. The molecule has 0 atom stereocenters. The molecule has 11 heavy (non-hydrogen) atoms. The van der Waals surface area contributed by atoms with Crippen molar-refractivity contribution < 1.29 is 4.84 Å². The summed E-state index contributed by atoms with van der Waals surface area (Å²) in [6.07, 6.45) is 0. The number of hydrogen-bond donors (Lipinski definition) is 1. The molecule has 0 fully saturated rings. The van der Waals surface area contributed by atoms with E-state index in [0.29, 0.717) is 0 Å². The zero-order valence-electron chi connectivity index (χ0n) is 7.86. The van der Waals surface area contributed by atoms with Crippen LogP contribution in [0.5, 0.6) is 0 Å². The van der Waals surface area contributed by atoms with Crippen LogP contribution in [0.3, 0.4) is 0 Å². The van der Waals surface area contributed by atoms with E-state index in [2.05, 4.69) is 24.3 Å². The maximum Gasteiger partial charge on any atom is 0.118 e. The number of amidine groups is 1. The quantitative estimate of drug-likeness (QED) is 0.576. The Hall–Kier alpha value is -0.570. The van der Waals surface area contributed by atoms with Gasteiger partial charge in [-0.05, 0) is 34.6 Å². The normalized spacial score (nSPS) is 27.2. The van der Waals surface area contributed by atoms with Crippen LogP contribution in [0, 0.1) is 0 Å². The van der Waals surface area contributed by atoms with Crippen molar-refractivity contribution in [2.75, 3.05) is 0 Å². The van der Waals surface area contributed by atoms with Crippen molar-refractivity contribution in [2.24, 2.45) is 4.99 Å². The Morgan fingerprint density at radius 3 is 2.18 bits per heavy atom. The van der Waals surface area contributed by atoms with E-state index in [0.717, 1.165) is 5.84 Å². The highest BCUT2D eigenvalue weighted by atomic mass is 16.7. The minimum Gasteiger partial charge on any atom is -0.266 e. The van der Waals surface area contributed by atoms with Gasteiger partial charge in [0.25, 0.3) is 0 Å². The van der Waals surface area contributed by atoms with Crippen LogP contribution in [0.1, 0.15) is 34.6 Å². The van der Waals surface area contributed by atoms with E-state index in [9.17, 15) is 0 Å².